The molecule has 0 bridgehead atoms. The molecule has 0 aliphatic rings. The van der Waals surface area contributed by atoms with Crippen molar-refractivity contribution in [2.45, 2.75) is 57.6 Å². The monoisotopic (exact) mass is 457 g/mol. The molecule has 3 aromatic rings. The molecule has 1 heterocycles. The van der Waals surface area contributed by atoms with Crippen LogP contribution < -0.4 is 4.72 Å². The summed E-state index contributed by atoms with van der Waals surface area (Å²) in [6.07, 6.45) is 3.98. The Labute approximate surface area is 187 Å². The number of nitrogens with zero attached hydrogens (tertiary/aromatic N) is 4. The summed E-state index contributed by atoms with van der Waals surface area (Å²) in [5.41, 5.74) is 1.74. The van der Waals surface area contributed by atoms with Gasteiger partial charge in [0.25, 0.3) is 10.0 Å². The lowest BCUT2D eigenvalue weighted by atomic mass is 10.1. The molecule has 0 spiro atoms. The predicted octanol–water partition coefficient (Wildman–Crippen LogP) is 3.58. The summed E-state index contributed by atoms with van der Waals surface area (Å²) in [4.78, 5) is 12.4. The number of benzene rings is 2. The van der Waals surface area contributed by atoms with Crippen LogP contribution in [0.2, 0.25) is 0 Å². The molecular formula is C22H27N5O4S. The smallest absolute Gasteiger partial charge is 0.338 e. The number of sulfonamides is 1. The number of rotatable bonds is 11. The number of nitrogens with one attached hydrogen (secondary N) is 1. The van der Waals surface area contributed by atoms with Crippen LogP contribution in [0.15, 0.2) is 53.4 Å². The number of carbonyl (C=O) groups excluding carboxylic acids is 1. The average molecular weight is 458 g/mol. The summed E-state index contributed by atoms with van der Waals surface area (Å²) in [7, 11) is -3.87. The van der Waals surface area contributed by atoms with Crippen LogP contribution in [-0.2, 0) is 34.3 Å². The molecule has 170 valence electrons. The van der Waals surface area contributed by atoms with E-state index in [1.54, 1.807) is 16.8 Å². The first-order valence-corrected chi connectivity index (χ1v) is 12.0. The molecular weight excluding hydrogens is 430 g/mol. The molecule has 0 aliphatic carbocycles. The lowest BCUT2D eigenvalue weighted by Gasteiger charge is -2.10. The molecule has 0 amide bonds. The van der Waals surface area contributed by atoms with Gasteiger partial charge in [-0.1, -0.05) is 38.5 Å². The Morgan fingerprint density at radius 3 is 2.59 bits per heavy atom. The summed E-state index contributed by atoms with van der Waals surface area (Å²) >= 11 is 0. The second-order valence-electron chi connectivity index (χ2n) is 7.33. The summed E-state index contributed by atoms with van der Waals surface area (Å²) < 4.78 is 35.0. The second kappa shape index (κ2) is 10.9. The molecule has 1 N–H and O–H groups in total. The molecule has 0 atom stereocenters. The predicted molar refractivity (Wildman–Crippen MR) is 120 cm³/mol. The van der Waals surface area contributed by atoms with Crippen molar-refractivity contribution in [3.05, 3.63) is 65.5 Å². The van der Waals surface area contributed by atoms with E-state index < -0.39 is 16.0 Å². The zero-order chi connectivity index (χ0) is 23.0. The van der Waals surface area contributed by atoms with Crippen molar-refractivity contribution in [2.24, 2.45) is 0 Å². The SMILES string of the molecule is CCCCc1ccc(NS(=O)(=O)c2cccc(C(=O)OCc3nnnn3CCC)c2)cc1. The Morgan fingerprint density at radius 1 is 1.09 bits per heavy atom. The van der Waals surface area contributed by atoms with Gasteiger partial charge in [-0.15, -0.1) is 5.10 Å². The van der Waals surface area contributed by atoms with Crippen LogP contribution in [0.3, 0.4) is 0 Å². The molecule has 32 heavy (non-hydrogen) atoms. The molecule has 3 rings (SSSR count). The van der Waals surface area contributed by atoms with Gasteiger partial charge in [-0.2, -0.15) is 0 Å². The van der Waals surface area contributed by atoms with Gasteiger partial charge in [0.15, 0.2) is 12.4 Å². The normalized spacial score (nSPS) is 11.3. The number of carbonyl (C=O) groups is 1. The largest absolute Gasteiger partial charge is 0.454 e. The third-order valence-corrected chi connectivity index (χ3v) is 6.16. The molecule has 2 aromatic carbocycles. The van der Waals surface area contributed by atoms with E-state index in [4.69, 9.17) is 4.74 Å². The van der Waals surface area contributed by atoms with Crippen LogP contribution in [-0.4, -0.2) is 34.6 Å². The quantitative estimate of drug-likeness (QED) is 0.437. The molecule has 0 fully saturated rings. The minimum absolute atomic E-state index is 0.0298. The second-order valence-corrected chi connectivity index (χ2v) is 9.01. The summed E-state index contributed by atoms with van der Waals surface area (Å²) in [6, 6.07) is 13.0. The lowest BCUT2D eigenvalue weighted by Crippen LogP contribution is -2.15. The molecule has 10 heteroatoms. The molecule has 1 aromatic heterocycles. The van der Waals surface area contributed by atoms with Crippen molar-refractivity contribution in [2.75, 3.05) is 4.72 Å². The topological polar surface area (TPSA) is 116 Å². The Bertz CT molecular complexity index is 1140. The van der Waals surface area contributed by atoms with Crippen LogP contribution >= 0.6 is 0 Å². The highest BCUT2D eigenvalue weighted by atomic mass is 32.2. The van der Waals surface area contributed by atoms with Crippen LogP contribution in [0.5, 0.6) is 0 Å². The number of esters is 1. The van der Waals surface area contributed by atoms with Crippen molar-refractivity contribution in [1.29, 1.82) is 0 Å². The van der Waals surface area contributed by atoms with Crippen molar-refractivity contribution in [1.82, 2.24) is 20.2 Å². The Balaban J connectivity index is 1.67. The minimum atomic E-state index is -3.87. The van der Waals surface area contributed by atoms with Crippen molar-refractivity contribution < 1.29 is 17.9 Å². The third kappa shape index (κ3) is 6.13. The van der Waals surface area contributed by atoms with Gasteiger partial charge in [0.2, 0.25) is 0 Å². The van der Waals surface area contributed by atoms with Crippen molar-refractivity contribution >= 4 is 21.7 Å². The van der Waals surface area contributed by atoms with Gasteiger partial charge in [-0.3, -0.25) is 4.72 Å². The minimum Gasteiger partial charge on any atom is -0.454 e. The van der Waals surface area contributed by atoms with Gasteiger partial charge < -0.3 is 4.74 Å². The van der Waals surface area contributed by atoms with E-state index in [9.17, 15) is 13.2 Å². The number of anilines is 1. The maximum Gasteiger partial charge on any atom is 0.338 e. The van der Waals surface area contributed by atoms with E-state index in [1.807, 2.05) is 19.1 Å². The van der Waals surface area contributed by atoms with Crippen LogP contribution in [0.4, 0.5) is 5.69 Å². The first-order valence-electron chi connectivity index (χ1n) is 10.6. The van der Waals surface area contributed by atoms with Gasteiger partial charge in [0.05, 0.1) is 10.5 Å². The van der Waals surface area contributed by atoms with Gasteiger partial charge >= 0.3 is 5.97 Å². The highest BCUT2D eigenvalue weighted by Gasteiger charge is 2.18. The van der Waals surface area contributed by atoms with Gasteiger partial charge in [0, 0.05) is 12.2 Å². The van der Waals surface area contributed by atoms with Crippen LogP contribution in [0.25, 0.3) is 0 Å². The maximum absolute atomic E-state index is 12.8. The molecule has 0 aliphatic heterocycles. The zero-order valence-corrected chi connectivity index (χ0v) is 19.0. The van der Waals surface area contributed by atoms with E-state index >= 15 is 0 Å². The standard InChI is InChI=1S/C22H27N5O4S/c1-3-5-7-17-10-12-19(13-11-17)24-32(29,30)20-9-6-8-18(15-20)22(28)31-16-21-23-25-26-27(21)14-4-2/h6,8-13,15,24H,3-5,7,14,16H2,1-2H3. The van der Waals surface area contributed by atoms with Gasteiger partial charge in [-0.05, 0) is 65.6 Å². The van der Waals surface area contributed by atoms with E-state index in [0.29, 0.717) is 18.1 Å². The Hall–Kier alpha value is -3.27. The number of hydrogen-bond donors (Lipinski definition) is 1. The molecule has 9 nitrogen and oxygen atoms in total. The molecule has 0 unspecified atom stereocenters. The number of ether oxygens (including phenoxy) is 1. The fourth-order valence-electron chi connectivity index (χ4n) is 3.05. The fraction of sp³-hybridized carbons (Fsp3) is 0.364. The third-order valence-electron chi connectivity index (χ3n) is 4.78. The molecule has 0 radical (unpaired) electrons. The first kappa shape index (κ1) is 23.4. The fourth-order valence-corrected chi connectivity index (χ4v) is 4.15. The van der Waals surface area contributed by atoms with E-state index in [0.717, 1.165) is 31.2 Å². The van der Waals surface area contributed by atoms with Crippen molar-refractivity contribution in [3.63, 3.8) is 0 Å². The highest BCUT2D eigenvalue weighted by molar-refractivity contribution is 7.92. The molecule has 0 saturated heterocycles. The number of hydrogen-bond acceptors (Lipinski definition) is 7. The summed E-state index contributed by atoms with van der Waals surface area (Å²) in [5.74, 6) is -0.235. The Kier molecular flexibility index (Phi) is 7.93. The van der Waals surface area contributed by atoms with E-state index in [2.05, 4.69) is 27.2 Å². The highest BCUT2D eigenvalue weighted by Crippen LogP contribution is 2.19. The van der Waals surface area contributed by atoms with Crippen LogP contribution in [0, 0.1) is 0 Å². The number of tetrazole rings is 1. The average Bonchev–Trinajstić information content (AvgIpc) is 3.24. The number of unbranched alkanes of at least 4 members (excludes halogenated alkanes) is 1. The number of aromatic nitrogens is 4. The summed E-state index contributed by atoms with van der Waals surface area (Å²) in [6.45, 7) is 4.62. The zero-order valence-electron chi connectivity index (χ0n) is 18.2. The summed E-state index contributed by atoms with van der Waals surface area (Å²) in [5, 5.41) is 11.3. The van der Waals surface area contributed by atoms with Crippen molar-refractivity contribution in [3.8, 4) is 0 Å². The first-order chi connectivity index (χ1) is 15.4. The maximum atomic E-state index is 12.8. The van der Waals surface area contributed by atoms with Gasteiger partial charge in [0.1, 0.15) is 0 Å². The molecule has 0 saturated carbocycles. The van der Waals surface area contributed by atoms with Gasteiger partial charge in [-0.25, -0.2) is 17.9 Å². The number of aryl methyl sites for hydroxylation is 2. The van der Waals surface area contributed by atoms with E-state index in [-0.39, 0.29) is 17.1 Å². The Morgan fingerprint density at radius 2 is 1.88 bits per heavy atom. The lowest BCUT2D eigenvalue weighted by molar-refractivity contribution is 0.0456. The van der Waals surface area contributed by atoms with E-state index in [1.165, 1.54) is 24.3 Å². The van der Waals surface area contributed by atoms with Crippen LogP contribution in [0.1, 0.15) is 54.9 Å².